The van der Waals surface area contributed by atoms with Crippen LogP contribution in [0.3, 0.4) is 0 Å². The summed E-state index contributed by atoms with van der Waals surface area (Å²) < 4.78 is 5.57. The van der Waals surface area contributed by atoms with E-state index in [0.717, 1.165) is 5.75 Å². The van der Waals surface area contributed by atoms with Crippen molar-refractivity contribution in [2.24, 2.45) is 0 Å². The molecule has 1 heterocycles. The van der Waals surface area contributed by atoms with Crippen LogP contribution in [0.25, 0.3) is 0 Å². The van der Waals surface area contributed by atoms with Crippen LogP contribution >= 0.6 is 0 Å². The molecule has 5 heteroatoms. The van der Waals surface area contributed by atoms with Crippen molar-refractivity contribution in [3.63, 3.8) is 0 Å². The molecule has 1 N–H and O–H groups in total. The van der Waals surface area contributed by atoms with Crippen molar-refractivity contribution in [1.82, 2.24) is 10.2 Å². The molecule has 1 fully saturated rings. The van der Waals surface area contributed by atoms with Crippen molar-refractivity contribution < 1.29 is 14.3 Å². The number of nitrogens with one attached hydrogen (secondary N) is 1. The van der Waals surface area contributed by atoms with Crippen LogP contribution < -0.4 is 10.1 Å². The molecule has 0 bridgehead atoms. The zero-order chi connectivity index (χ0) is 15.3. The lowest BCUT2D eigenvalue weighted by Gasteiger charge is -2.41. The van der Waals surface area contributed by atoms with Gasteiger partial charge in [0, 0.05) is 19.5 Å². The third kappa shape index (κ3) is 3.74. The molecule has 1 aliphatic heterocycles. The molecule has 114 valence electrons. The number of para-hydroxylation sites is 1. The molecule has 1 saturated heterocycles. The van der Waals surface area contributed by atoms with Gasteiger partial charge in [0.1, 0.15) is 11.3 Å². The largest absolute Gasteiger partial charge is 0.494 e. The minimum absolute atomic E-state index is 0.00603. The minimum atomic E-state index is -0.768. The summed E-state index contributed by atoms with van der Waals surface area (Å²) in [6, 6.07) is 9.53. The van der Waals surface area contributed by atoms with Gasteiger partial charge in [-0.25, -0.2) is 0 Å². The normalized spacial score (nSPS) is 17.2. The Kier molecular flexibility index (Phi) is 4.83. The fraction of sp³-hybridized carbons (Fsp3) is 0.500. The van der Waals surface area contributed by atoms with Crippen molar-refractivity contribution >= 4 is 11.8 Å². The minimum Gasteiger partial charge on any atom is -0.494 e. The molecule has 0 saturated carbocycles. The fourth-order valence-electron chi connectivity index (χ4n) is 2.40. The summed E-state index contributed by atoms with van der Waals surface area (Å²) >= 11 is 0. The Morgan fingerprint density at radius 3 is 2.76 bits per heavy atom. The van der Waals surface area contributed by atoms with Gasteiger partial charge in [0.2, 0.25) is 11.8 Å². The Morgan fingerprint density at radius 1 is 1.33 bits per heavy atom. The SMILES string of the molecule is CC1(C)C(=O)NCCN1C(=O)CCCOc1ccccc1. The van der Waals surface area contributed by atoms with Gasteiger partial charge in [-0.1, -0.05) is 18.2 Å². The highest BCUT2D eigenvalue weighted by Gasteiger charge is 2.39. The van der Waals surface area contributed by atoms with Crippen molar-refractivity contribution in [2.75, 3.05) is 19.7 Å². The molecular formula is C16H22N2O3. The van der Waals surface area contributed by atoms with Crippen LogP contribution in [-0.2, 0) is 9.59 Å². The van der Waals surface area contributed by atoms with Gasteiger partial charge in [-0.05, 0) is 32.4 Å². The zero-order valence-electron chi connectivity index (χ0n) is 12.6. The summed E-state index contributed by atoms with van der Waals surface area (Å²) in [6.07, 6.45) is 1.03. The molecule has 0 atom stereocenters. The average molecular weight is 290 g/mol. The number of benzene rings is 1. The predicted molar refractivity (Wildman–Crippen MR) is 80.0 cm³/mol. The number of amides is 2. The lowest BCUT2D eigenvalue weighted by Crippen LogP contribution is -2.63. The van der Waals surface area contributed by atoms with Crippen molar-refractivity contribution in [3.8, 4) is 5.75 Å². The Balaban J connectivity index is 1.78. The molecule has 0 aromatic heterocycles. The monoisotopic (exact) mass is 290 g/mol. The highest BCUT2D eigenvalue weighted by atomic mass is 16.5. The number of piperazine rings is 1. The molecule has 0 unspecified atom stereocenters. The van der Waals surface area contributed by atoms with E-state index in [2.05, 4.69) is 5.32 Å². The molecule has 0 aliphatic carbocycles. The Hall–Kier alpha value is -2.04. The molecule has 1 aromatic rings. The Morgan fingerprint density at radius 2 is 2.05 bits per heavy atom. The van der Waals surface area contributed by atoms with E-state index in [1.165, 1.54) is 0 Å². The van der Waals surface area contributed by atoms with E-state index >= 15 is 0 Å². The third-order valence-corrected chi connectivity index (χ3v) is 3.70. The summed E-state index contributed by atoms with van der Waals surface area (Å²) in [6.45, 7) is 5.14. The molecule has 1 aromatic carbocycles. The van der Waals surface area contributed by atoms with Crippen LogP contribution in [0.5, 0.6) is 5.75 Å². The average Bonchev–Trinajstić information content (AvgIpc) is 2.47. The topological polar surface area (TPSA) is 58.6 Å². The maximum atomic E-state index is 12.3. The van der Waals surface area contributed by atoms with Crippen LogP contribution in [-0.4, -0.2) is 41.9 Å². The van der Waals surface area contributed by atoms with E-state index in [0.29, 0.717) is 32.5 Å². The number of nitrogens with zero attached hydrogens (tertiary/aromatic N) is 1. The molecule has 2 rings (SSSR count). The number of carbonyl (C=O) groups is 2. The van der Waals surface area contributed by atoms with Gasteiger partial charge in [-0.3, -0.25) is 9.59 Å². The number of carbonyl (C=O) groups excluding carboxylic acids is 2. The van der Waals surface area contributed by atoms with E-state index < -0.39 is 5.54 Å². The summed E-state index contributed by atoms with van der Waals surface area (Å²) in [5.74, 6) is 0.719. The second-order valence-electron chi connectivity index (χ2n) is 5.63. The molecule has 2 amide bonds. The highest BCUT2D eigenvalue weighted by Crippen LogP contribution is 2.19. The van der Waals surface area contributed by atoms with Gasteiger partial charge in [0.05, 0.1) is 6.61 Å². The summed E-state index contributed by atoms with van der Waals surface area (Å²) in [7, 11) is 0. The maximum Gasteiger partial charge on any atom is 0.245 e. The summed E-state index contributed by atoms with van der Waals surface area (Å²) in [4.78, 5) is 25.7. The number of hydrogen-bond donors (Lipinski definition) is 1. The first-order valence-corrected chi connectivity index (χ1v) is 7.28. The van der Waals surface area contributed by atoms with Crippen molar-refractivity contribution in [3.05, 3.63) is 30.3 Å². The molecular weight excluding hydrogens is 268 g/mol. The molecule has 0 spiro atoms. The Bertz CT molecular complexity index is 500. The van der Waals surface area contributed by atoms with Crippen LogP contribution in [0, 0.1) is 0 Å². The predicted octanol–water partition coefficient (Wildman–Crippen LogP) is 1.58. The zero-order valence-corrected chi connectivity index (χ0v) is 12.6. The van der Waals surface area contributed by atoms with Gasteiger partial charge < -0.3 is 15.0 Å². The van der Waals surface area contributed by atoms with Crippen molar-refractivity contribution in [2.45, 2.75) is 32.2 Å². The second-order valence-corrected chi connectivity index (χ2v) is 5.63. The molecule has 21 heavy (non-hydrogen) atoms. The first-order valence-electron chi connectivity index (χ1n) is 7.28. The van der Waals surface area contributed by atoms with Crippen LogP contribution in [0.2, 0.25) is 0 Å². The Labute approximate surface area is 125 Å². The van der Waals surface area contributed by atoms with Gasteiger partial charge in [0.15, 0.2) is 0 Å². The van der Waals surface area contributed by atoms with Gasteiger partial charge in [-0.15, -0.1) is 0 Å². The number of ether oxygens (including phenoxy) is 1. The lowest BCUT2D eigenvalue weighted by molar-refractivity contribution is -0.149. The summed E-state index contributed by atoms with van der Waals surface area (Å²) in [5, 5.41) is 2.79. The fourth-order valence-corrected chi connectivity index (χ4v) is 2.40. The first-order chi connectivity index (χ1) is 10.0. The lowest BCUT2D eigenvalue weighted by atomic mass is 9.98. The number of hydrogen-bond acceptors (Lipinski definition) is 3. The second kappa shape index (κ2) is 6.61. The van der Waals surface area contributed by atoms with Gasteiger partial charge in [0.25, 0.3) is 0 Å². The quantitative estimate of drug-likeness (QED) is 0.838. The summed E-state index contributed by atoms with van der Waals surface area (Å²) in [5.41, 5.74) is -0.768. The smallest absolute Gasteiger partial charge is 0.245 e. The van der Waals surface area contributed by atoms with E-state index in [9.17, 15) is 9.59 Å². The standard InChI is InChI=1S/C16H22N2O3/c1-16(2)15(20)17-10-11-18(16)14(19)9-6-12-21-13-7-4-3-5-8-13/h3-5,7-8H,6,9-12H2,1-2H3,(H,17,20). The molecule has 1 aliphatic rings. The van der Waals surface area contributed by atoms with Gasteiger partial charge in [-0.2, -0.15) is 0 Å². The van der Waals surface area contributed by atoms with E-state index in [1.807, 2.05) is 30.3 Å². The van der Waals surface area contributed by atoms with Crippen LogP contribution in [0.15, 0.2) is 30.3 Å². The highest BCUT2D eigenvalue weighted by molar-refractivity contribution is 5.91. The maximum absolute atomic E-state index is 12.3. The molecule has 0 radical (unpaired) electrons. The van der Waals surface area contributed by atoms with Crippen LogP contribution in [0.1, 0.15) is 26.7 Å². The molecule has 5 nitrogen and oxygen atoms in total. The van der Waals surface area contributed by atoms with Crippen molar-refractivity contribution in [1.29, 1.82) is 0 Å². The van der Waals surface area contributed by atoms with E-state index in [-0.39, 0.29) is 11.8 Å². The van der Waals surface area contributed by atoms with Gasteiger partial charge >= 0.3 is 0 Å². The van der Waals surface area contributed by atoms with Crippen LogP contribution in [0.4, 0.5) is 0 Å². The third-order valence-electron chi connectivity index (χ3n) is 3.70. The first kappa shape index (κ1) is 15.4. The number of rotatable bonds is 5. The van der Waals surface area contributed by atoms with E-state index in [4.69, 9.17) is 4.74 Å². The van der Waals surface area contributed by atoms with E-state index in [1.54, 1.807) is 18.7 Å².